The molecule has 100 valence electrons. The van der Waals surface area contributed by atoms with Gasteiger partial charge < -0.3 is 9.84 Å². The van der Waals surface area contributed by atoms with Crippen LogP contribution in [0.5, 0.6) is 5.75 Å². The van der Waals surface area contributed by atoms with Gasteiger partial charge in [-0.05, 0) is 48.7 Å². The molecule has 19 heavy (non-hydrogen) atoms. The summed E-state index contributed by atoms with van der Waals surface area (Å²) in [7, 11) is 1.61. The van der Waals surface area contributed by atoms with Gasteiger partial charge in [-0.2, -0.15) is 0 Å². The van der Waals surface area contributed by atoms with Crippen LogP contribution >= 0.6 is 15.9 Å². The van der Waals surface area contributed by atoms with Gasteiger partial charge in [-0.3, -0.25) is 0 Å². The van der Waals surface area contributed by atoms with E-state index >= 15 is 0 Å². The second-order valence-electron chi connectivity index (χ2n) is 4.58. The third-order valence-corrected chi connectivity index (χ3v) is 3.92. The third-order valence-electron chi connectivity index (χ3n) is 3.43. The van der Waals surface area contributed by atoms with Crippen molar-refractivity contribution in [2.75, 3.05) is 7.11 Å². The zero-order valence-corrected chi connectivity index (χ0v) is 12.9. The fraction of sp³-hybridized carbons (Fsp3) is 0.250. The molecular weight excluding hydrogens is 304 g/mol. The van der Waals surface area contributed by atoms with Gasteiger partial charge in [0, 0.05) is 10.0 Å². The molecule has 0 amide bonds. The number of ether oxygens (including phenoxy) is 1. The summed E-state index contributed by atoms with van der Waals surface area (Å²) in [5.74, 6) is 0.691. The van der Waals surface area contributed by atoms with E-state index in [0.29, 0.717) is 5.75 Å². The molecule has 2 nitrogen and oxygen atoms in total. The van der Waals surface area contributed by atoms with E-state index in [1.165, 1.54) is 5.56 Å². The first-order chi connectivity index (χ1) is 9.04. The fourth-order valence-corrected chi connectivity index (χ4v) is 2.54. The Morgan fingerprint density at radius 1 is 1.11 bits per heavy atom. The van der Waals surface area contributed by atoms with E-state index in [-0.39, 0.29) is 0 Å². The van der Waals surface area contributed by atoms with E-state index in [9.17, 15) is 5.11 Å². The summed E-state index contributed by atoms with van der Waals surface area (Å²) in [6, 6.07) is 11.6. The van der Waals surface area contributed by atoms with Crippen LogP contribution in [0.15, 0.2) is 40.9 Å². The predicted octanol–water partition coefficient (Wildman–Crippen LogP) is 4.16. The largest absolute Gasteiger partial charge is 0.496 e. The number of hydrogen-bond donors (Lipinski definition) is 1. The average Bonchev–Trinajstić information content (AvgIpc) is 2.41. The van der Waals surface area contributed by atoms with Gasteiger partial charge in [0.1, 0.15) is 11.9 Å². The van der Waals surface area contributed by atoms with Gasteiger partial charge in [0.15, 0.2) is 0 Å². The smallest absolute Gasteiger partial charge is 0.125 e. The van der Waals surface area contributed by atoms with Gasteiger partial charge in [-0.25, -0.2) is 0 Å². The minimum absolute atomic E-state index is 0.688. The highest BCUT2D eigenvalue weighted by Crippen LogP contribution is 2.34. The molecule has 2 aromatic rings. The first kappa shape index (κ1) is 14.1. The Morgan fingerprint density at radius 3 is 2.53 bits per heavy atom. The summed E-state index contributed by atoms with van der Waals surface area (Å²) >= 11 is 3.43. The molecule has 0 radical (unpaired) electrons. The van der Waals surface area contributed by atoms with Gasteiger partial charge in [-0.15, -0.1) is 0 Å². The lowest BCUT2D eigenvalue weighted by Crippen LogP contribution is -2.05. The van der Waals surface area contributed by atoms with Crippen molar-refractivity contribution in [1.82, 2.24) is 0 Å². The van der Waals surface area contributed by atoms with Gasteiger partial charge in [0.25, 0.3) is 0 Å². The number of rotatable bonds is 3. The maximum absolute atomic E-state index is 10.6. The standard InChI is InChI=1S/C16H17BrO2/c1-10-5-4-6-13(11(10)2)16(18)14-9-12(17)7-8-15(14)19-3/h4-9,16,18H,1-3H3. The molecule has 0 aliphatic carbocycles. The van der Waals surface area contributed by atoms with E-state index in [2.05, 4.69) is 15.9 Å². The molecule has 0 heterocycles. The number of hydrogen-bond acceptors (Lipinski definition) is 2. The Kier molecular flexibility index (Phi) is 4.27. The Balaban J connectivity index is 2.52. The van der Waals surface area contributed by atoms with Crippen LogP contribution in [0.3, 0.4) is 0 Å². The molecule has 2 rings (SSSR count). The molecule has 2 aromatic carbocycles. The molecule has 0 aliphatic heterocycles. The van der Waals surface area contributed by atoms with Crippen LogP contribution in [0.1, 0.15) is 28.4 Å². The summed E-state index contributed by atoms with van der Waals surface area (Å²) in [5, 5.41) is 10.6. The molecular formula is C16H17BrO2. The number of benzene rings is 2. The normalized spacial score (nSPS) is 12.3. The number of aryl methyl sites for hydroxylation is 1. The summed E-state index contributed by atoms with van der Waals surface area (Å²) in [5.41, 5.74) is 3.96. The van der Waals surface area contributed by atoms with Crippen LogP contribution in [-0.4, -0.2) is 12.2 Å². The van der Waals surface area contributed by atoms with Crippen molar-refractivity contribution in [1.29, 1.82) is 0 Å². The summed E-state index contributed by atoms with van der Waals surface area (Å²) in [6.07, 6.45) is -0.688. The van der Waals surface area contributed by atoms with Gasteiger partial charge in [0.05, 0.1) is 7.11 Å². The van der Waals surface area contributed by atoms with Crippen molar-refractivity contribution in [3.05, 3.63) is 63.1 Å². The van der Waals surface area contributed by atoms with Crippen molar-refractivity contribution < 1.29 is 9.84 Å². The fourth-order valence-electron chi connectivity index (χ4n) is 2.16. The number of aliphatic hydroxyl groups is 1. The number of methoxy groups -OCH3 is 1. The topological polar surface area (TPSA) is 29.5 Å². The first-order valence-electron chi connectivity index (χ1n) is 6.12. The molecule has 0 fully saturated rings. The second-order valence-corrected chi connectivity index (χ2v) is 5.49. The molecule has 0 bridgehead atoms. The minimum Gasteiger partial charge on any atom is -0.496 e. The Hall–Kier alpha value is -1.32. The van der Waals surface area contributed by atoms with E-state index in [4.69, 9.17) is 4.74 Å². The Morgan fingerprint density at radius 2 is 1.84 bits per heavy atom. The number of halogens is 1. The van der Waals surface area contributed by atoms with Crippen LogP contribution in [-0.2, 0) is 0 Å². The molecule has 0 spiro atoms. The summed E-state index contributed by atoms with van der Waals surface area (Å²) in [4.78, 5) is 0. The van der Waals surface area contributed by atoms with E-state index in [0.717, 1.165) is 21.2 Å². The molecule has 0 aliphatic rings. The van der Waals surface area contributed by atoms with Crippen LogP contribution in [0.25, 0.3) is 0 Å². The molecule has 3 heteroatoms. The second kappa shape index (κ2) is 5.76. The maximum atomic E-state index is 10.6. The lowest BCUT2D eigenvalue weighted by atomic mass is 9.94. The monoisotopic (exact) mass is 320 g/mol. The zero-order valence-electron chi connectivity index (χ0n) is 11.3. The van der Waals surface area contributed by atoms with Crippen molar-refractivity contribution in [2.45, 2.75) is 20.0 Å². The Bertz CT molecular complexity index is 593. The molecule has 1 atom stereocenters. The molecule has 0 saturated heterocycles. The van der Waals surface area contributed by atoms with E-state index in [1.54, 1.807) is 7.11 Å². The average molecular weight is 321 g/mol. The van der Waals surface area contributed by atoms with Crippen molar-refractivity contribution >= 4 is 15.9 Å². The first-order valence-corrected chi connectivity index (χ1v) is 6.91. The zero-order chi connectivity index (χ0) is 14.0. The quantitative estimate of drug-likeness (QED) is 0.920. The van der Waals surface area contributed by atoms with E-state index in [1.807, 2.05) is 50.2 Å². The number of aliphatic hydroxyl groups excluding tert-OH is 1. The molecule has 0 aromatic heterocycles. The lowest BCUT2D eigenvalue weighted by Gasteiger charge is -2.18. The third kappa shape index (κ3) is 2.82. The van der Waals surface area contributed by atoms with Crippen LogP contribution < -0.4 is 4.74 Å². The predicted molar refractivity (Wildman–Crippen MR) is 80.7 cm³/mol. The van der Waals surface area contributed by atoms with Gasteiger partial charge in [-0.1, -0.05) is 34.1 Å². The summed E-state index contributed by atoms with van der Waals surface area (Å²) < 4.78 is 6.26. The van der Waals surface area contributed by atoms with E-state index < -0.39 is 6.10 Å². The SMILES string of the molecule is COc1ccc(Br)cc1C(O)c1cccc(C)c1C. The molecule has 0 saturated carbocycles. The highest BCUT2D eigenvalue weighted by atomic mass is 79.9. The van der Waals surface area contributed by atoms with Crippen molar-refractivity contribution in [3.63, 3.8) is 0 Å². The minimum atomic E-state index is -0.688. The van der Waals surface area contributed by atoms with Crippen LogP contribution in [0.4, 0.5) is 0 Å². The highest BCUT2D eigenvalue weighted by molar-refractivity contribution is 9.10. The maximum Gasteiger partial charge on any atom is 0.125 e. The van der Waals surface area contributed by atoms with Crippen molar-refractivity contribution in [3.8, 4) is 5.75 Å². The molecule has 1 unspecified atom stereocenters. The summed E-state index contributed by atoms with van der Waals surface area (Å²) in [6.45, 7) is 4.07. The lowest BCUT2D eigenvalue weighted by molar-refractivity contribution is 0.214. The van der Waals surface area contributed by atoms with Crippen LogP contribution in [0.2, 0.25) is 0 Å². The Labute approximate surface area is 122 Å². The van der Waals surface area contributed by atoms with Gasteiger partial charge in [0.2, 0.25) is 0 Å². The van der Waals surface area contributed by atoms with Gasteiger partial charge >= 0.3 is 0 Å². The van der Waals surface area contributed by atoms with Crippen molar-refractivity contribution in [2.24, 2.45) is 0 Å². The van der Waals surface area contributed by atoms with Crippen LogP contribution in [0, 0.1) is 13.8 Å². The highest BCUT2D eigenvalue weighted by Gasteiger charge is 2.18. The molecule has 1 N–H and O–H groups in total.